The molecule has 1 fully saturated rings. The zero-order valence-electron chi connectivity index (χ0n) is 13.0. The Morgan fingerprint density at radius 2 is 2.00 bits per heavy atom. The summed E-state index contributed by atoms with van der Waals surface area (Å²) in [4.78, 5) is 11.8. The summed E-state index contributed by atoms with van der Waals surface area (Å²) in [7, 11) is 1.42. The molecule has 1 saturated heterocycles. The Bertz CT molecular complexity index is 447. The molecule has 0 aromatic heterocycles. The van der Waals surface area contributed by atoms with Crippen LogP contribution in [0, 0.1) is 5.41 Å². The molecule has 1 heterocycles. The lowest BCUT2D eigenvalue weighted by Crippen LogP contribution is -2.44. The van der Waals surface area contributed by atoms with E-state index >= 15 is 0 Å². The third-order valence-corrected chi connectivity index (χ3v) is 4.08. The van der Waals surface area contributed by atoms with Gasteiger partial charge in [-0.3, -0.25) is 4.79 Å². The van der Waals surface area contributed by atoms with Gasteiger partial charge in [-0.1, -0.05) is 30.3 Å². The normalized spacial score (nSPS) is 22.8. The summed E-state index contributed by atoms with van der Waals surface area (Å²) in [6.45, 7) is 4.86. The number of ether oxygens (including phenoxy) is 3. The molecule has 1 aromatic rings. The molecule has 1 aliphatic heterocycles. The number of carbonyl (C=O) groups excluding carboxylic acids is 1. The van der Waals surface area contributed by atoms with Crippen molar-refractivity contribution in [3.8, 4) is 0 Å². The Kier molecular flexibility index (Phi) is 5.37. The minimum absolute atomic E-state index is 0.0925. The van der Waals surface area contributed by atoms with Crippen LogP contribution in [0.1, 0.15) is 32.3 Å². The van der Waals surface area contributed by atoms with E-state index in [1.54, 1.807) is 0 Å². The van der Waals surface area contributed by atoms with Gasteiger partial charge >= 0.3 is 5.97 Å². The molecule has 0 aliphatic carbocycles. The maximum Gasteiger partial charge on any atom is 0.313 e. The number of methoxy groups -OCH3 is 1. The lowest BCUT2D eigenvalue weighted by Gasteiger charge is -2.37. The average molecular weight is 292 g/mol. The van der Waals surface area contributed by atoms with Gasteiger partial charge in [0.15, 0.2) is 0 Å². The molecule has 0 saturated carbocycles. The molecule has 116 valence electrons. The third kappa shape index (κ3) is 4.05. The van der Waals surface area contributed by atoms with Crippen LogP contribution in [-0.2, 0) is 25.6 Å². The Balaban J connectivity index is 1.79. The van der Waals surface area contributed by atoms with Gasteiger partial charge in [0.05, 0.1) is 37.9 Å². The van der Waals surface area contributed by atoms with Gasteiger partial charge < -0.3 is 14.2 Å². The fourth-order valence-corrected chi connectivity index (χ4v) is 2.61. The second-order valence-electron chi connectivity index (χ2n) is 6.03. The van der Waals surface area contributed by atoms with Crippen molar-refractivity contribution >= 4 is 5.97 Å². The molecule has 0 N–H and O–H groups in total. The monoisotopic (exact) mass is 292 g/mol. The van der Waals surface area contributed by atoms with Crippen molar-refractivity contribution in [1.29, 1.82) is 0 Å². The molecule has 1 aliphatic rings. The highest BCUT2D eigenvalue weighted by molar-refractivity contribution is 5.76. The summed E-state index contributed by atoms with van der Waals surface area (Å²) in [5.41, 5.74) is 0.550. The molecule has 2 rings (SSSR count). The molecule has 2 atom stereocenters. The fourth-order valence-electron chi connectivity index (χ4n) is 2.61. The summed E-state index contributed by atoms with van der Waals surface area (Å²) in [5.74, 6) is -0.226. The van der Waals surface area contributed by atoms with E-state index in [9.17, 15) is 4.79 Å². The smallest absolute Gasteiger partial charge is 0.313 e. The Morgan fingerprint density at radius 3 is 2.57 bits per heavy atom. The van der Waals surface area contributed by atoms with Crippen LogP contribution in [-0.4, -0.2) is 31.9 Å². The molecule has 1 aromatic carbocycles. The number of carbonyl (C=O) groups is 1. The Morgan fingerprint density at radius 1 is 1.29 bits per heavy atom. The van der Waals surface area contributed by atoms with Gasteiger partial charge in [0.1, 0.15) is 0 Å². The standard InChI is InChI=1S/C17H24O4/c1-17(2,16(18)19-3)15-10-9-14(12-21-15)20-11-13-7-5-4-6-8-13/h4-8,14-15H,9-12H2,1-3H3/t14-,15-/m1/s1. The highest BCUT2D eigenvalue weighted by Crippen LogP contribution is 2.32. The lowest BCUT2D eigenvalue weighted by atomic mass is 9.82. The van der Waals surface area contributed by atoms with Crippen molar-refractivity contribution in [3.63, 3.8) is 0 Å². The first-order valence-electron chi connectivity index (χ1n) is 7.39. The topological polar surface area (TPSA) is 44.8 Å². The molecule has 0 radical (unpaired) electrons. The molecule has 0 bridgehead atoms. The van der Waals surface area contributed by atoms with Gasteiger partial charge in [-0.15, -0.1) is 0 Å². The highest BCUT2D eigenvalue weighted by atomic mass is 16.5. The van der Waals surface area contributed by atoms with Crippen molar-refractivity contribution in [2.24, 2.45) is 5.41 Å². The number of hydrogen-bond acceptors (Lipinski definition) is 4. The van der Waals surface area contributed by atoms with Crippen molar-refractivity contribution in [2.45, 2.75) is 45.5 Å². The SMILES string of the molecule is COC(=O)C(C)(C)[C@H]1CC[C@@H](OCc2ccccc2)CO1. The number of hydrogen-bond donors (Lipinski definition) is 0. The van der Waals surface area contributed by atoms with Crippen LogP contribution in [0.15, 0.2) is 30.3 Å². The van der Waals surface area contributed by atoms with Gasteiger partial charge in [0, 0.05) is 0 Å². The van der Waals surface area contributed by atoms with Crippen LogP contribution in [0.5, 0.6) is 0 Å². The van der Waals surface area contributed by atoms with Crippen molar-refractivity contribution in [2.75, 3.05) is 13.7 Å². The predicted molar refractivity (Wildman–Crippen MR) is 79.8 cm³/mol. The first-order chi connectivity index (χ1) is 10.0. The molecule has 0 amide bonds. The van der Waals surface area contributed by atoms with Crippen LogP contribution in [0.4, 0.5) is 0 Å². The van der Waals surface area contributed by atoms with E-state index in [0.29, 0.717) is 13.2 Å². The largest absolute Gasteiger partial charge is 0.469 e. The molecular weight excluding hydrogens is 268 g/mol. The number of rotatable bonds is 5. The molecule has 0 spiro atoms. The molecular formula is C17H24O4. The van der Waals surface area contributed by atoms with Crippen molar-refractivity contribution < 1.29 is 19.0 Å². The summed E-state index contributed by atoms with van der Waals surface area (Å²) < 4.78 is 16.6. The first-order valence-corrected chi connectivity index (χ1v) is 7.39. The van der Waals surface area contributed by atoms with E-state index in [2.05, 4.69) is 0 Å². The van der Waals surface area contributed by atoms with Gasteiger partial charge in [-0.25, -0.2) is 0 Å². The van der Waals surface area contributed by atoms with Crippen LogP contribution >= 0.6 is 0 Å². The van der Waals surface area contributed by atoms with Gasteiger partial charge in [0.2, 0.25) is 0 Å². The van der Waals surface area contributed by atoms with E-state index in [0.717, 1.165) is 18.4 Å². The zero-order chi connectivity index (χ0) is 15.3. The van der Waals surface area contributed by atoms with Gasteiger partial charge in [-0.2, -0.15) is 0 Å². The minimum Gasteiger partial charge on any atom is -0.469 e. The van der Waals surface area contributed by atoms with Crippen LogP contribution in [0.25, 0.3) is 0 Å². The Labute approximate surface area is 126 Å². The molecule has 4 nitrogen and oxygen atoms in total. The van der Waals surface area contributed by atoms with Crippen molar-refractivity contribution in [3.05, 3.63) is 35.9 Å². The zero-order valence-corrected chi connectivity index (χ0v) is 13.0. The number of benzene rings is 1. The van der Waals surface area contributed by atoms with Crippen LogP contribution < -0.4 is 0 Å². The van der Waals surface area contributed by atoms with E-state index in [1.807, 2.05) is 44.2 Å². The van der Waals surface area contributed by atoms with Crippen LogP contribution in [0.3, 0.4) is 0 Å². The van der Waals surface area contributed by atoms with E-state index in [1.165, 1.54) is 7.11 Å². The maximum absolute atomic E-state index is 11.8. The predicted octanol–water partition coefficient (Wildman–Crippen LogP) is 2.95. The van der Waals surface area contributed by atoms with E-state index in [-0.39, 0.29) is 18.2 Å². The highest BCUT2D eigenvalue weighted by Gasteiger charge is 2.41. The second-order valence-corrected chi connectivity index (χ2v) is 6.03. The van der Waals surface area contributed by atoms with E-state index in [4.69, 9.17) is 14.2 Å². The Hall–Kier alpha value is -1.39. The maximum atomic E-state index is 11.8. The summed E-state index contributed by atoms with van der Waals surface area (Å²) >= 11 is 0. The molecule has 21 heavy (non-hydrogen) atoms. The molecule has 4 heteroatoms. The summed E-state index contributed by atoms with van der Waals surface area (Å²) in [6.07, 6.45) is 1.69. The van der Waals surface area contributed by atoms with Crippen molar-refractivity contribution in [1.82, 2.24) is 0 Å². The average Bonchev–Trinajstić information content (AvgIpc) is 2.53. The quantitative estimate of drug-likeness (QED) is 0.783. The second kappa shape index (κ2) is 7.05. The first kappa shape index (κ1) is 16.0. The summed E-state index contributed by atoms with van der Waals surface area (Å²) in [5, 5.41) is 0. The third-order valence-electron chi connectivity index (χ3n) is 4.08. The van der Waals surface area contributed by atoms with Gasteiger partial charge in [0.25, 0.3) is 0 Å². The van der Waals surface area contributed by atoms with E-state index < -0.39 is 5.41 Å². The number of esters is 1. The fraction of sp³-hybridized carbons (Fsp3) is 0.588. The minimum atomic E-state index is -0.612. The summed E-state index contributed by atoms with van der Waals surface area (Å²) in [6, 6.07) is 10.1. The van der Waals surface area contributed by atoms with Gasteiger partial charge in [-0.05, 0) is 32.3 Å². The molecule has 0 unspecified atom stereocenters. The lowest BCUT2D eigenvalue weighted by molar-refractivity contribution is -0.170. The van der Waals surface area contributed by atoms with Crippen LogP contribution in [0.2, 0.25) is 0 Å².